The molecule has 4 rings (SSSR count). The van der Waals surface area contributed by atoms with Crippen molar-refractivity contribution in [3.63, 3.8) is 0 Å². The first-order chi connectivity index (χ1) is 14.1. The van der Waals surface area contributed by atoms with E-state index < -0.39 is 0 Å². The Morgan fingerprint density at radius 2 is 1.86 bits per heavy atom. The molecule has 1 aliphatic rings. The predicted molar refractivity (Wildman–Crippen MR) is 120 cm³/mol. The van der Waals surface area contributed by atoms with Gasteiger partial charge in [-0.1, -0.05) is 42.7 Å². The summed E-state index contributed by atoms with van der Waals surface area (Å²) in [6.07, 6.45) is 8.35. The SMILES string of the molecule is COc1ccc2nc(C=Cc3ccc(Cl)cc3)nc(NC3CCCCC3N)c2c1. The summed E-state index contributed by atoms with van der Waals surface area (Å²) in [5, 5.41) is 5.24. The van der Waals surface area contributed by atoms with Crippen molar-refractivity contribution < 1.29 is 4.74 Å². The lowest BCUT2D eigenvalue weighted by Gasteiger charge is -2.30. The minimum Gasteiger partial charge on any atom is -0.497 e. The lowest BCUT2D eigenvalue weighted by molar-refractivity contribution is 0.403. The monoisotopic (exact) mass is 408 g/mol. The van der Waals surface area contributed by atoms with Crippen LogP contribution in [-0.4, -0.2) is 29.2 Å². The van der Waals surface area contributed by atoms with Crippen molar-refractivity contribution in [1.29, 1.82) is 0 Å². The number of ether oxygens (including phenoxy) is 1. The van der Waals surface area contributed by atoms with Crippen LogP contribution in [0.5, 0.6) is 5.75 Å². The minimum absolute atomic E-state index is 0.132. The molecule has 1 aromatic heterocycles. The third-order valence-corrected chi connectivity index (χ3v) is 5.61. The highest BCUT2D eigenvalue weighted by Crippen LogP contribution is 2.28. The molecule has 6 heteroatoms. The summed E-state index contributed by atoms with van der Waals surface area (Å²) in [7, 11) is 1.66. The lowest BCUT2D eigenvalue weighted by atomic mass is 9.91. The Morgan fingerprint density at radius 3 is 2.62 bits per heavy atom. The van der Waals surface area contributed by atoms with Gasteiger partial charge in [0.25, 0.3) is 0 Å². The van der Waals surface area contributed by atoms with Crippen molar-refractivity contribution >= 4 is 40.5 Å². The fourth-order valence-electron chi connectivity index (χ4n) is 3.70. The van der Waals surface area contributed by atoms with Crippen molar-refractivity contribution in [3.8, 4) is 5.75 Å². The summed E-state index contributed by atoms with van der Waals surface area (Å²) >= 11 is 5.97. The Hall–Kier alpha value is -2.63. The van der Waals surface area contributed by atoms with Gasteiger partial charge in [0.15, 0.2) is 5.82 Å². The van der Waals surface area contributed by atoms with Crippen molar-refractivity contribution in [1.82, 2.24) is 9.97 Å². The zero-order chi connectivity index (χ0) is 20.2. The molecule has 2 unspecified atom stereocenters. The Balaban J connectivity index is 1.70. The zero-order valence-electron chi connectivity index (χ0n) is 16.4. The minimum atomic E-state index is 0.132. The average Bonchev–Trinajstić information content (AvgIpc) is 2.74. The van der Waals surface area contributed by atoms with E-state index in [1.165, 1.54) is 12.8 Å². The molecule has 2 atom stereocenters. The Kier molecular flexibility index (Phi) is 5.97. The van der Waals surface area contributed by atoms with E-state index in [1.807, 2.05) is 54.6 Å². The molecule has 3 aromatic rings. The van der Waals surface area contributed by atoms with Crippen LogP contribution in [0.4, 0.5) is 5.82 Å². The van der Waals surface area contributed by atoms with Crippen LogP contribution in [0.25, 0.3) is 23.1 Å². The number of halogens is 1. The number of aromatic nitrogens is 2. The molecular formula is C23H25ClN4O. The third kappa shape index (κ3) is 4.69. The number of methoxy groups -OCH3 is 1. The summed E-state index contributed by atoms with van der Waals surface area (Å²) in [6, 6.07) is 13.8. The molecule has 3 N–H and O–H groups in total. The van der Waals surface area contributed by atoms with Gasteiger partial charge >= 0.3 is 0 Å². The van der Waals surface area contributed by atoms with Crippen LogP contribution in [0.1, 0.15) is 37.1 Å². The van der Waals surface area contributed by atoms with Crippen LogP contribution in [0.2, 0.25) is 5.02 Å². The number of rotatable bonds is 5. The number of nitrogens with two attached hydrogens (primary N) is 1. The van der Waals surface area contributed by atoms with Crippen LogP contribution in [0, 0.1) is 0 Å². The van der Waals surface area contributed by atoms with Crippen LogP contribution >= 0.6 is 11.6 Å². The summed E-state index contributed by atoms with van der Waals surface area (Å²) in [6.45, 7) is 0. The Bertz CT molecular complexity index is 1020. The molecule has 5 nitrogen and oxygen atoms in total. The van der Waals surface area contributed by atoms with Crippen molar-refractivity contribution in [2.24, 2.45) is 5.73 Å². The van der Waals surface area contributed by atoms with Gasteiger partial charge in [0.2, 0.25) is 0 Å². The number of anilines is 1. The first-order valence-electron chi connectivity index (χ1n) is 9.94. The van der Waals surface area contributed by atoms with E-state index in [2.05, 4.69) is 5.32 Å². The van der Waals surface area contributed by atoms with Gasteiger partial charge in [-0.05, 0) is 54.8 Å². The molecule has 0 radical (unpaired) electrons. The van der Waals surface area contributed by atoms with E-state index in [-0.39, 0.29) is 12.1 Å². The first-order valence-corrected chi connectivity index (χ1v) is 10.3. The number of nitrogens with one attached hydrogen (secondary N) is 1. The second-order valence-electron chi connectivity index (χ2n) is 7.40. The fourth-order valence-corrected chi connectivity index (χ4v) is 3.82. The topological polar surface area (TPSA) is 73.1 Å². The van der Waals surface area contributed by atoms with Crippen LogP contribution in [0.15, 0.2) is 42.5 Å². The molecule has 0 aliphatic heterocycles. The second kappa shape index (κ2) is 8.80. The summed E-state index contributed by atoms with van der Waals surface area (Å²) in [4.78, 5) is 9.50. The van der Waals surface area contributed by atoms with Crippen molar-refractivity contribution in [2.45, 2.75) is 37.8 Å². The van der Waals surface area contributed by atoms with Gasteiger partial charge in [0.1, 0.15) is 11.6 Å². The van der Waals surface area contributed by atoms with E-state index in [4.69, 9.17) is 32.0 Å². The van der Waals surface area contributed by atoms with Gasteiger partial charge in [0.05, 0.1) is 12.6 Å². The molecular weight excluding hydrogens is 384 g/mol. The van der Waals surface area contributed by atoms with Crippen LogP contribution < -0.4 is 15.8 Å². The van der Waals surface area contributed by atoms with Crippen molar-refractivity contribution in [2.75, 3.05) is 12.4 Å². The van der Waals surface area contributed by atoms with Gasteiger partial charge in [-0.3, -0.25) is 0 Å². The second-order valence-corrected chi connectivity index (χ2v) is 7.83. The smallest absolute Gasteiger partial charge is 0.154 e. The van der Waals surface area contributed by atoms with Gasteiger partial charge < -0.3 is 15.8 Å². The van der Waals surface area contributed by atoms with Gasteiger partial charge in [-0.2, -0.15) is 0 Å². The maximum absolute atomic E-state index is 6.36. The predicted octanol–water partition coefficient (Wildman–Crippen LogP) is 5.14. The number of nitrogens with zero attached hydrogens (tertiary/aromatic N) is 2. The van der Waals surface area contributed by atoms with Crippen molar-refractivity contribution in [3.05, 3.63) is 58.9 Å². The molecule has 1 saturated carbocycles. The molecule has 1 heterocycles. The number of hydrogen-bond donors (Lipinski definition) is 2. The number of benzene rings is 2. The maximum Gasteiger partial charge on any atom is 0.154 e. The molecule has 1 aliphatic carbocycles. The third-order valence-electron chi connectivity index (χ3n) is 5.36. The lowest BCUT2D eigenvalue weighted by Crippen LogP contribution is -2.42. The van der Waals surface area contributed by atoms with E-state index in [9.17, 15) is 0 Å². The number of fused-ring (bicyclic) bond motifs is 1. The van der Waals surface area contributed by atoms with E-state index in [0.29, 0.717) is 10.8 Å². The molecule has 29 heavy (non-hydrogen) atoms. The molecule has 2 aromatic carbocycles. The largest absolute Gasteiger partial charge is 0.497 e. The maximum atomic E-state index is 6.36. The van der Waals surface area contributed by atoms with Crippen LogP contribution in [0.3, 0.4) is 0 Å². The summed E-state index contributed by atoms with van der Waals surface area (Å²) in [5.41, 5.74) is 8.26. The molecule has 0 bridgehead atoms. The summed E-state index contributed by atoms with van der Waals surface area (Å²) < 4.78 is 5.40. The van der Waals surface area contributed by atoms with Gasteiger partial charge in [-0.15, -0.1) is 0 Å². The van der Waals surface area contributed by atoms with E-state index in [0.717, 1.165) is 40.9 Å². The zero-order valence-corrected chi connectivity index (χ0v) is 17.2. The fraction of sp³-hybridized carbons (Fsp3) is 0.304. The standard InChI is InChI=1S/C23H25ClN4O/c1-29-17-11-12-20-18(14-17)23(27-21-5-3-2-4-19(21)25)28-22(26-20)13-8-15-6-9-16(24)10-7-15/h6-14,19,21H,2-5,25H2,1H3,(H,26,27,28). The molecule has 0 saturated heterocycles. The first kappa shape index (κ1) is 19.7. The quantitative estimate of drug-likeness (QED) is 0.611. The Morgan fingerprint density at radius 1 is 1.07 bits per heavy atom. The normalized spacial score (nSPS) is 19.6. The van der Waals surface area contributed by atoms with E-state index >= 15 is 0 Å². The average molecular weight is 409 g/mol. The number of hydrogen-bond acceptors (Lipinski definition) is 5. The summed E-state index contributed by atoms with van der Waals surface area (Å²) in [5.74, 6) is 2.22. The van der Waals surface area contributed by atoms with Crippen LogP contribution in [-0.2, 0) is 0 Å². The molecule has 1 fully saturated rings. The molecule has 150 valence electrons. The Labute approximate surface area is 176 Å². The molecule has 0 spiro atoms. The highest BCUT2D eigenvalue weighted by atomic mass is 35.5. The highest BCUT2D eigenvalue weighted by Gasteiger charge is 2.23. The highest BCUT2D eigenvalue weighted by molar-refractivity contribution is 6.30. The van der Waals surface area contributed by atoms with E-state index in [1.54, 1.807) is 7.11 Å². The molecule has 0 amide bonds. The van der Waals surface area contributed by atoms with Gasteiger partial charge in [0, 0.05) is 22.5 Å². The van der Waals surface area contributed by atoms with Gasteiger partial charge in [-0.25, -0.2) is 9.97 Å².